The quantitative estimate of drug-likeness (QED) is 0.328. The van der Waals surface area contributed by atoms with Crippen LogP contribution in [0.3, 0.4) is 0 Å². The number of nitrogens with one attached hydrogen (secondary N) is 1. The van der Waals surface area contributed by atoms with Gasteiger partial charge in [0.2, 0.25) is 5.91 Å². The molecule has 2 amide bonds. The van der Waals surface area contributed by atoms with Crippen LogP contribution in [-0.4, -0.2) is 96.2 Å². The van der Waals surface area contributed by atoms with Crippen LogP contribution in [0.25, 0.3) is 0 Å². The number of halogens is 2. The lowest BCUT2D eigenvalue weighted by Crippen LogP contribution is -2.59. The number of amides is 2. The summed E-state index contributed by atoms with van der Waals surface area (Å²) in [7, 11) is 0. The Hall–Kier alpha value is -3.47. The first-order valence-corrected chi connectivity index (χ1v) is 16.9. The van der Waals surface area contributed by atoms with E-state index in [1.54, 1.807) is 5.01 Å². The molecule has 2 N–H and O–H groups in total. The summed E-state index contributed by atoms with van der Waals surface area (Å²) < 4.78 is 5.35. The molecule has 0 aromatic heterocycles. The summed E-state index contributed by atoms with van der Waals surface area (Å²) in [6.07, 6.45) is 1.89. The van der Waals surface area contributed by atoms with Gasteiger partial charge in [0, 0.05) is 30.6 Å². The highest BCUT2D eigenvalue weighted by Gasteiger charge is 2.46. The molecule has 11 heteroatoms. The van der Waals surface area contributed by atoms with Crippen LogP contribution in [0.5, 0.6) is 0 Å². The highest BCUT2D eigenvalue weighted by Crippen LogP contribution is 2.42. The van der Waals surface area contributed by atoms with Gasteiger partial charge in [-0.05, 0) is 80.7 Å². The molecule has 0 aliphatic carbocycles. The first kappa shape index (κ1) is 33.4. The second-order valence-corrected chi connectivity index (χ2v) is 13.7. The molecule has 0 spiro atoms. The molecule has 47 heavy (non-hydrogen) atoms. The molecule has 3 aromatic rings. The summed E-state index contributed by atoms with van der Waals surface area (Å²) >= 11 is 12.8. The minimum atomic E-state index is -1.04. The maximum absolute atomic E-state index is 14.0. The molecule has 0 radical (unpaired) electrons. The second kappa shape index (κ2) is 14.3. The Labute approximate surface area is 285 Å². The molecule has 3 aliphatic rings. The zero-order valence-corrected chi connectivity index (χ0v) is 27.8. The van der Waals surface area contributed by atoms with Crippen molar-refractivity contribution < 1.29 is 24.2 Å². The minimum absolute atomic E-state index is 0.0270. The maximum atomic E-state index is 14.0. The number of aliphatic carboxylic acids is 1. The standard InChI is InChI=1S/C36H40Cl2N4O5/c37-29-12-11-28(23-30(29)38)35(14-20-41(25-35)32(43)26-7-3-1-4-8-26)13-17-40-18-15-36(16-19-40,27-9-5-2-6-10-27)34(46)39-42-21-22-47-31(24-42)33(44)45/h1-12,23,31H,13-22,24-25H2,(H,39,46)(H,44,45). The van der Waals surface area contributed by atoms with Crippen LogP contribution in [0.1, 0.15) is 47.2 Å². The summed E-state index contributed by atoms with van der Waals surface area (Å²) in [5, 5.41) is 12.1. The van der Waals surface area contributed by atoms with E-state index < -0.39 is 17.5 Å². The fourth-order valence-electron chi connectivity index (χ4n) is 7.30. The number of carbonyl (C=O) groups is 3. The number of carbonyl (C=O) groups excluding carboxylic acids is 2. The van der Waals surface area contributed by atoms with Crippen molar-refractivity contribution in [3.05, 3.63) is 106 Å². The van der Waals surface area contributed by atoms with Gasteiger partial charge in [-0.25, -0.2) is 9.80 Å². The summed E-state index contributed by atoms with van der Waals surface area (Å²) in [6.45, 7) is 4.21. The Kier molecular flexibility index (Phi) is 10.2. The lowest BCUT2D eigenvalue weighted by Gasteiger charge is -2.43. The van der Waals surface area contributed by atoms with Gasteiger partial charge in [-0.1, -0.05) is 77.8 Å². The number of likely N-dealkylation sites (tertiary alicyclic amines) is 2. The number of piperidine rings is 1. The van der Waals surface area contributed by atoms with E-state index in [0.717, 1.165) is 30.5 Å². The van der Waals surface area contributed by atoms with Gasteiger partial charge in [0.15, 0.2) is 6.10 Å². The lowest BCUT2D eigenvalue weighted by atomic mass is 9.71. The van der Waals surface area contributed by atoms with Crippen molar-refractivity contribution in [2.24, 2.45) is 0 Å². The van der Waals surface area contributed by atoms with Gasteiger partial charge < -0.3 is 19.6 Å². The van der Waals surface area contributed by atoms with Crippen LogP contribution in [0.2, 0.25) is 10.0 Å². The van der Waals surface area contributed by atoms with Crippen molar-refractivity contribution in [2.75, 3.05) is 52.4 Å². The Balaban J connectivity index is 1.17. The number of nitrogens with zero attached hydrogens (tertiary/aromatic N) is 3. The molecule has 9 nitrogen and oxygen atoms in total. The topological polar surface area (TPSA) is 102 Å². The Morgan fingerprint density at radius 1 is 0.851 bits per heavy atom. The molecule has 0 saturated carbocycles. The number of hydrogen-bond acceptors (Lipinski definition) is 6. The number of hydrogen-bond donors (Lipinski definition) is 2. The normalized spacial score (nSPS) is 23.4. The second-order valence-electron chi connectivity index (χ2n) is 12.9. The average molecular weight is 680 g/mol. The molecule has 6 rings (SSSR count). The van der Waals surface area contributed by atoms with Crippen molar-refractivity contribution in [1.29, 1.82) is 0 Å². The fourth-order valence-corrected chi connectivity index (χ4v) is 7.60. The van der Waals surface area contributed by atoms with Gasteiger partial charge in [0.05, 0.1) is 28.6 Å². The zero-order valence-electron chi connectivity index (χ0n) is 26.2. The van der Waals surface area contributed by atoms with Crippen LogP contribution in [0.4, 0.5) is 0 Å². The first-order chi connectivity index (χ1) is 22.7. The van der Waals surface area contributed by atoms with E-state index in [0.29, 0.717) is 61.2 Å². The van der Waals surface area contributed by atoms with Crippen molar-refractivity contribution >= 4 is 41.0 Å². The van der Waals surface area contributed by atoms with E-state index in [-0.39, 0.29) is 30.4 Å². The summed E-state index contributed by atoms with van der Waals surface area (Å²) in [5.74, 6) is -1.13. The van der Waals surface area contributed by atoms with Crippen LogP contribution in [-0.2, 0) is 25.2 Å². The van der Waals surface area contributed by atoms with E-state index >= 15 is 0 Å². The monoisotopic (exact) mass is 678 g/mol. The van der Waals surface area contributed by atoms with Crippen LogP contribution in [0, 0.1) is 0 Å². The molecule has 0 bridgehead atoms. The molecule has 3 aromatic carbocycles. The van der Waals surface area contributed by atoms with Gasteiger partial charge in [-0.2, -0.15) is 0 Å². The molecule has 3 fully saturated rings. The van der Waals surface area contributed by atoms with Gasteiger partial charge in [0.1, 0.15) is 0 Å². The third kappa shape index (κ3) is 7.20. The van der Waals surface area contributed by atoms with Crippen molar-refractivity contribution in [2.45, 2.75) is 42.6 Å². The van der Waals surface area contributed by atoms with Gasteiger partial charge in [0.25, 0.3) is 5.91 Å². The fraction of sp³-hybridized carbons (Fsp3) is 0.417. The minimum Gasteiger partial charge on any atom is -0.479 e. The van der Waals surface area contributed by atoms with Crippen LogP contribution >= 0.6 is 23.2 Å². The molecule has 248 valence electrons. The molecule has 2 unspecified atom stereocenters. The third-order valence-corrected chi connectivity index (χ3v) is 10.9. The molecule has 3 aliphatic heterocycles. The smallest absolute Gasteiger partial charge is 0.334 e. The van der Waals surface area contributed by atoms with Gasteiger partial charge >= 0.3 is 5.97 Å². The van der Waals surface area contributed by atoms with Crippen molar-refractivity contribution in [1.82, 2.24) is 20.2 Å². The molecule has 3 saturated heterocycles. The van der Waals surface area contributed by atoms with Gasteiger partial charge in [-0.3, -0.25) is 15.0 Å². The Morgan fingerprint density at radius 3 is 2.23 bits per heavy atom. The SMILES string of the molecule is O=C(O)C1CN(NC(=O)C2(c3ccccc3)CCN(CCC3(c4ccc(Cl)c(Cl)c4)CCN(C(=O)c4ccccc4)C3)CC2)CCO1. The Morgan fingerprint density at radius 2 is 1.55 bits per heavy atom. The highest BCUT2D eigenvalue weighted by atomic mass is 35.5. The molecular formula is C36H40Cl2N4O5. The van der Waals surface area contributed by atoms with Crippen molar-refractivity contribution in [3.8, 4) is 0 Å². The maximum Gasteiger partial charge on any atom is 0.334 e. The summed E-state index contributed by atoms with van der Waals surface area (Å²) in [4.78, 5) is 43.4. The third-order valence-electron chi connectivity index (χ3n) is 10.2. The van der Waals surface area contributed by atoms with E-state index in [2.05, 4.69) is 10.3 Å². The van der Waals surface area contributed by atoms with Crippen molar-refractivity contribution in [3.63, 3.8) is 0 Å². The number of morpholine rings is 1. The van der Waals surface area contributed by atoms with E-state index in [1.165, 1.54) is 0 Å². The average Bonchev–Trinajstić information content (AvgIpc) is 3.55. The number of hydrazine groups is 1. The largest absolute Gasteiger partial charge is 0.479 e. The highest BCUT2D eigenvalue weighted by molar-refractivity contribution is 6.42. The lowest BCUT2D eigenvalue weighted by molar-refractivity contribution is -0.160. The first-order valence-electron chi connectivity index (χ1n) is 16.2. The molecular weight excluding hydrogens is 639 g/mol. The summed E-state index contributed by atoms with van der Waals surface area (Å²) in [6, 6.07) is 25.1. The summed E-state index contributed by atoms with van der Waals surface area (Å²) in [5.41, 5.74) is 4.72. The number of ether oxygens (including phenoxy) is 1. The number of rotatable bonds is 9. The van der Waals surface area contributed by atoms with E-state index in [1.807, 2.05) is 83.8 Å². The van der Waals surface area contributed by atoms with Gasteiger partial charge in [-0.15, -0.1) is 0 Å². The van der Waals surface area contributed by atoms with Crippen LogP contribution < -0.4 is 5.43 Å². The van der Waals surface area contributed by atoms with E-state index in [9.17, 15) is 19.5 Å². The van der Waals surface area contributed by atoms with Crippen LogP contribution in [0.15, 0.2) is 78.9 Å². The number of carboxylic acids is 1. The van der Waals surface area contributed by atoms with E-state index in [4.69, 9.17) is 27.9 Å². The number of carboxylic acid groups (broad SMARTS) is 1. The zero-order chi connectivity index (χ0) is 33.0. The predicted octanol–water partition coefficient (Wildman–Crippen LogP) is 5.02. The predicted molar refractivity (Wildman–Crippen MR) is 181 cm³/mol. The molecule has 2 atom stereocenters. The number of benzene rings is 3. The molecule has 3 heterocycles. The Bertz CT molecular complexity index is 1580.